The molecule has 0 radical (unpaired) electrons. The summed E-state index contributed by atoms with van der Waals surface area (Å²) in [5.74, 6) is -1.22. The van der Waals surface area contributed by atoms with E-state index < -0.39 is 16.0 Å². The van der Waals surface area contributed by atoms with Gasteiger partial charge in [-0.15, -0.1) is 0 Å². The normalized spacial score (nSPS) is 11.4. The minimum Gasteiger partial charge on any atom is -0.478 e. The van der Waals surface area contributed by atoms with Crippen molar-refractivity contribution in [3.05, 3.63) is 57.7 Å². The lowest BCUT2D eigenvalue weighted by atomic mass is 10.1. The number of aryl methyl sites for hydroxylation is 1. The first kappa shape index (κ1) is 18.7. The third kappa shape index (κ3) is 4.91. The number of pyridine rings is 1. The molecule has 0 saturated carbocycles. The van der Waals surface area contributed by atoms with Crippen molar-refractivity contribution >= 4 is 39.2 Å². The van der Waals surface area contributed by atoms with Crippen molar-refractivity contribution in [3.8, 4) is 0 Å². The highest BCUT2D eigenvalue weighted by Gasteiger charge is 2.17. The van der Waals surface area contributed by atoms with Gasteiger partial charge in [0.2, 0.25) is 0 Å². The molecule has 0 amide bonds. The van der Waals surface area contributed by atoms with Gasteiger partial charge in [-0.3, -0.25) is 0 Å². The maximum absolute atomic E-state index is 12.1. The Morgan fingerprint density at radius 2 is 1.96 bits per heavy atom. The molecule has 6 nitrogen and oxygen atoms in total. The van der Waals surface area contributed by atoms with Gasteiger partial charge in [-0.2, -0.15) is 0 Å². The monoisotopic (exact) mass is 388 g/mol. The predicted molar refractivity (Wildman–Crippen MR) is 91.2 cm³/mol. The molecule has 2 N–H and O–H groups in total. The molecule has 2 rings (SSSR count). The molecular formula is C15H14Cl2N2O4S. The summed E-state index contributed by atoms with van der Waals surface area (Å²) >= 11 is 11.9. The van der Waals surface area contributed by atoms with Crippen molar-refractivity contribution in [2.45, 2.75) is 17.9 Å². The van der Waals surface area contributed by atoms with Gasteiger partial charge in [0.25, 0.3) is 10.0 Å². The topological polar surface area (TPSA) is 96.4 Å². The zero-order valence-electron chi connectivity index (χ0n) is 12.4. The fourth-order valence-electron chi connectivity index (χ4n) is 1.97. The number of hydrogen-bond donors (Lipinski definition) is 2. The van der Waals surface area contributed by atoms with E-state index in [4.69, 9.17) is 28.3 Å². The number of rotatable bonds is 7. The summed E-state index contributed by atoms with van der Waals surface area (Å²) in [5, 5.41) is 9.63. The van der Waals surface area contributed by atoms with Gasteiger partial charge >= 0.3 is 5.97 Å². The van der Waals surface area contributed by atoms with E-state index in [9.17, 15) is 13.2 Å². The quantitative estimate of drug-likeness (QED) is 0.710. The van der Waals surface area contributed by atoms with E-state index in [1.807, 2.05) is 0 Å². The minimum absolute atomic E-state index is 0.140. The first-order valence-electron chi connectivity index (χ1n) is 6.92. The number of aromatic carboxylic acids is 1. The van der Waals surface area contributed by atoms with Crippen LogP contribution in [0.3, 0.4) is 0 Å². The van der Waals surface area contributed by atoms with Crippen LogP contribution in [0.1, 0.15) is 22.3 Å². The smallest absolute Gasteiger partial charge is 0.335 e. The van der Waals surface area contributed by atoms with Crippen LogP contribution in [-0.2, 0) is 16.4 Å². The Morgan fingerprint density at radius 1 is 1.21 bits per heavy atom. The summed E-state index contributed by atoms with van der Waals surface area (Å²) in [6, 6.07) is 7.37. The van der Waals surface area contributed by atoms with Crippen molar-refractivity contribution in [2.75, 3.05) is 6.54 Å². The molecule has 0 spiro atoms. The van der Waals surface area contributed by atoms with E-state index in [1.54, 1.807) is 18.2 Å². The van der Waals surface area contributed by atoms with Gasteiger partial charge in [-0.05, 0) is 42.7 Å². The Balaban J connectivity index is 1.95. The van der Waals surface area contributed by atoms with E-state index in [-0.39, 0.29) is 17.1 Å². The second kappa shape index (κ2) is 7.94. The Morgan fingerprint density at radius 3 is 2.62 bits per heavy atom. The molecule has 0 bridgehead atoms. The SMILES string of the molecule is O=C(O)c1ccnc(S(=O)(=O)NCCCc2ccc(Cl)cc2Cl)c1. The van der Waals surface area contributed by atoms with Crippen LogP contribution in [0, 0.1) is 0 Å². The number of nitrogens with zero attached hydrogens (tertiary/aromatic N) is 1. The maximum atomic E-state index is 12.1. The zero-order valence-corrected chi connectivity index (χ0v) is 14.7. The lowest BCUT2D eigenvalue weighted by molar-refractivity contribution is 0.0696. The highest BCUT2D eigenvalue weighted by molar-refractivity contribution is 7.89. The van der Waals surface area contributed by atoms with Gasteiger partial charge < -0.3 is 5.11 Å². The fraction of sp³-hybridized carbons (Fsp3) is 0.200. The molecule has 0 atom stereocenters. The lowest BCUT2D eigenvalue weighted by Crippen LogP contribution is -2.26. The molecule has 1 aromatic heterocycles. The van der Waals surface area contributed by atoms with Crippen molar-refractivity contribution in [3.63, 3.8) is 0 Å². The molecule has 0 aliphatic rings. The van der Waals surface area contributed by atoms with Crippen LogP contribution in [0.4, 0.5) is 0 Å². The summed E-state index contributed by atoms with van der Waals surface area (Å²) in [6.45, 7) is 0.167. The molecule has 0 unspecified atom stereocenters. The van der Waals surface area contributed by atoms with Crippen molar-refractivity contribution in [1.29, 1.82) is 0 Å². The van der Waals surface area contributed by atoms with Gasteiger partial charge in [0, 0.05) is 22.8 Å². The van der Waals surface area contributed by atoms with E-state index >= 15 is 0 Å². The van der Waals surface area contributed by atoms with Gasteiger partial charge in [0.1, 0.15) is 0 Å². The number of carboxylic acid groups (broad SMARTS) is 1. The molecule has 1 heterocycles. The highest BCUT2D eigenvalue weighted by atomic mass is 35.5. The standard InChI is InChI=1S/C15H14Cl2N2O4S/c16-12-4-3-10(13(17)9-12)2-1-6-19-24(22,23)14-8-11(15(20)21)5-7-18-14/h3-5,7-9,19H,1-2,6H2,(H,20,21). The van der Waals surface area contributed by atoms with Crippen LogP contribution < -0.4 is 4.72 Å². The Bertz CT molecular complexity index is 856. The summed E-state index contributed by atoms with van der Waals surface area (Å²) < 4.78 is 26.6. The summed E-state index contributed by atoms with van der Waals surface area (Å²) in [7, 11) is -3.87. The summed E-state index contributed by atoms with van der Waals surface area (Å²) in [4.78, 5) is 14.6. The number of carboxylic acids is 1. The second-order valence-electron chi connectivity index (χ2n) is 4.92. The van der Waals surface area contributed by atoms with E-state index in [1.165, 1.54) is 6.07 Å². The Hall–Kier alpha value is -1.67. The van der Waals surface area contributed by atoms with Gasteiger partial charge in [0.05, 0.1) is 5.56 Å². The second-order valence-corrected chi connectivity index (χ2v) is 7.48. The average Bonchev–Trinajstić information content (AvgIpc) is 2.53. The first-order chi connectivity index (χ1) is 11.3. The molecule has 9 heteroatoms. The highest BCUT2D eigenvalue weighted by Crippen LogP contribution is 2.22. The lowest BCUT2D eigenvalue weighted by Gasteiger charge is -2.08. The van der Waals surface area contributed by atoms with Crippen LogP contribution in [-0.4, -0.2) is 31.0 Å². The van der Waals surface area contributed by atoms with E-state index in [2.05, 4.69) is 9.71 Å². The molecule has 24 heavy (non-hydrogen) atoms. The number of aromatic nitrogens is 1. The summed E-state index contributed by atoms with van der Waals surface area (Å²) in [6.07, 6.45) is 2.23. The molecule has 128 valence electrons. The van der Waals surface area contributed by atoms with Crippen LogP contribution in [0.15, 0.2) is 41.6 Å². The zero-order chi connectivity index (χ0) is 17.7. The average molecular weight is 389 g/mol. The number of benzene rings is 1. The minimum atomic E-state index is -3.87. The summed E-state index contributed by atoms with van der Waals surface area (Å²) in [5.41, 5.74) is 0.726. The van der Waals surface area contributed by atoms with Gasteiger partial charge in [-0.1, -0.05) is 29.3 Å². The molecule has 0 aliphatic heterocycles. The number of carbonyl (C=O) groups is 1. The number of nitrogens with one attached hydrogen (secondary N) is 1. The number of halogens is 2. The molecular weight excluding hydrogens is 375 g/mol. The predicted octanol–water partition coefficient (Wildman–Crippen LogP) is 3.00. The van der Waals surface area contributed by atoms with Crippen LogP contribution in [0.25, 0.3) is 0 Å². The molecule has 0 fully saturated rings. The van der Waals surface area contributed by atoms with Crippen LogP contribution in [0.5, 0.6) is 0 Å². The fourth-order valence-corrected chi connectivity index (χ4v) is 3.52. The third-order valence-electron chi connectivity index (χ3n) is 3.19. The van der Waals surface area contributed by atoms with Crippen LogP contribution >= 0.6 is 23.2 Å². The van der Waals surface area contributed by atoms with Crippen molar-refractivity contribution in [1.82, 2.24) is 9.71 Å². The Labute approximate surface area is 149 Å². The molecule has 0 aliphatic carbocycles. The molecule has 1 aromatic carbocycles. The third-order valence-corrected chi connectivity index (χ3v) is 5.13. The first-order valence-corrected chi connectivity index (χ1v) is 9.16. The molecule has 0 saturated heterocycles. The van der Waals surface area contributed by atoms with E-state index in [0.717, 1.165) is 17.8 Å². The Kier molecular flexibility index (Phi) is 6.17. The number of hydrogen-bond acceptors (Lipinski definition) is 4. The van der Waals surface area contributed by atoms with Gasteiger partial charge in [0.15, 0.2) is 5.03 Å². The molecule has 2 aromatic rings. The van der Waals surface area contributed by atoms with Gasteiger partial charge in [-0.25, -0.2) is 22.9 Å². The number of sulfonamides is 1. The largest absolute Gasteiger partial charge is 0.478 e. The van der Waals surface area contributed by atoms with Crippen LogP contribution in [0.2, 0.25) is 10.0 Å². The van der Waals surface area contributed by atoms with E-state index in [0.29, 0.717) is 22.9 Å². The van der Waals surface area contributed by atoms with Crippen molar-refractivity contribution < 1.29 is 18.3 Å². The maximum Gasteiger partial charge on any atom is 0.335 e. The van der Waals surface area contributed by atoms with Crippen molar-refractivity contribution in [2.24, 2.45) is 0 Å².